The van der Waals surface area contributed by atoms with E-state index < -0.39 is 12.0 Å². The van der Waals surface area contributed by atoms with Crippen molar-refractivity contribution in [3.63, 3.8) is 0 Å². The zero-order chi connectivity index (χ0) is 26.9. The Morgan fingerprint density at radius 1 is 1.16 bits per heavy atom. The summed E-state index contributed by atoms with van der Waals surface area (Å²) in [5.41, 5.74) is 2.89. The highest BCUT2D eigenvalue weighted by Crippen LogP contribution is 2.37. The summed E-state index contributed by atoms with van der Waals surface area (Å²) in [4.78, 5) is 33.9. The van der Waals surface area contributed by atoms with E-state index in [9.17, 15) is 14.7 Å². The molecule has 0 aliphatic carbocycles. The highest BCUT2D eigenvalue weighted by molar-refractivity contribution is 7.07. The van der Waals surface area contributed by atoms with Crippen molar-refractivity contribution in [2.45, 2.75) is 19.9 Å². The van der Waals surface area contributed by atoms with Crippen molar-refractivity contribution in [3.8, 4) is 17.2 Å². The average molecular weight is 524 g/mol. The molecule has 0 amide bonds. The van der Waals surface area contributed by atoms with Gasteiger partial charge in [0.05, 0.1) is 42.7 Å². The fourth-order valence-corrected chi connectivity index (χ4v) is 5.26. The van der Waals surface area contributed by atoms with Crippen LogP contribution in [-0.2, 0) is 9.53 Å². The largest absolute Gasteiger partial charge is 0.502 e. The van der Waals surface area contributed by atoms with Gasteiger partial charge in [-0.25, -0.2) is 9.79 Å². The zero-order valence-electron chi connectivity index (χ0n) is 21.6. The number of allylic oxidation sites excluding steroid dienone is 1. The van der Waals surface area contributed by atoms with Gasteiger partial charge in [0.1, 0.15) is 0 Å². The standard InChI is InChI=1S/C27H29N3O6S/c1-7-36-26(33)22-15(2)28-27-30(23(22)17-8-10-18(11-9-17)29(3)4)25(32)21(37-27)14-16-12-19(34-5)24(31)20(13-16)35-6/h8-14,23,31H,7H2,1-6H3/b21-14+/t23-/m0/s1. The summed E-state index contributed by atoms with van der Waals surface area (Å²) in [6.45, 7) is 3.70. The third kappa shape index (κ3) is 4.84. The Balaban J connectivity index is 1.94. The number of aromatic nitrogens is 1. The number of fused-ring (bicyclic) bond motifs is 1. The first-order chi connectivity index (χ1) is 17.7. The van der Waals surface area contributed by atoms with Crippen molar-refractivity contribution in [1.82, 2.24) is 4.57 Å². The smallest absolute Gasteiger partial charge is 0.338 e. The molecule has 4 rings (SSSR count). The maximum atomic E-state index is 13.8. The van der Waals surface area contributed by atoms with E-state index in [-0.39, 0.29) is 29.4 Å². The predicted octanol–water partition coefficient (Wildman–Crippen LogP) is 2.59. The summed E-state index contributed by atoms with van der Waals surface area (Å²) in [7, 11) is 6.76. The molecule has 0 spiro atoms. The van der Waals surface area contributed by atoms with Crippen molar-refractivity contribution < 1.29 is 24.1 Å². The fourth-order valence-electron chi connectivity index (χ4n) is 4.21. The molecule has 37 heavy (non-hydrogen) atoms. The Morgan fingerprint density at radius 2 is 1.78 bits per heavy atom. The van der Waals surface area contributed by atoms with Crippen molar-refractivity contribution in [3.05, 3.63) is 78.5 Å². The second kappa shape index (κ2) is 10.5. The molecule has 9 nitrogen and oxygen atoms in total. The van der Waals surface area contributed by atoms with Gasteiger partial charge < -0.3 is 24.2 Å². The maximum Gasteiger partial charge on any atom is 0.338 e. The van der Waals surface area contributed by atoms with Gasteiger partial charge >= 0.3 is 5.97 Å². The lowest BCUT2D eigenvalue weighted by Gasteiger charge is -2.25. The highest BCUT2D eigenvalue weighted by atomic mass is 32.1. The number of hydrogen-bond acceptors (Lipinski definition) is 9. The lowest BCUT2D eigenvalue weighted by Crippen LogP contribution is -2.39. The van der Waals surface area contributed by atoms with E-state index >= 15 is 0 Å². The number of carbonyl (C=O) groups is 1. The van der Waals surface area contributed by atoms with Gasteiger partial charge in [-0.2, -0.15) is 0 Å². The maximum absolute atomic E-state index is 13.8. The molecule has 0 saturated carbocycles. The number of thiazole rings is 1. The van der Waals surface area contributed by atoms with Crippen LogP contribution in [0.1, 0.15) is 31.0 Å². The van der Waals surface area contributed by atoms with E-state index in [1.165, 1.54) is 30.1 Å². The molecule has 1 aromatic heterocycles. The lowest BCUT2D eigenvalue weighted by molar-refractivity contribution is -0.139. The third-order valence-corrected chi connectivity index (χ3v) is 7.03. The second-order valence-corrected chi connectivity index (χ2v) is 9.57. The van der Waals surface area contributed by atoms with E-state index in [4.69, 9.17) is 14.2 Å². The summed E-state index contributed by atoms with van der Waals surface area (Å²) >= 11 is 1.21. The molecule has 3 aromatic rings. The Bertz CT molecular complexity index is 1530. The summed E-state index contributed by atoms with van der Waals surface area (Å²) in [5.74, 6) is -0.192. The van der Waals surface area contributed by atoms with E-state index in [2.05, 4.69) is 4.99 Å². The number of esters is 1. The molecule has 2 heterocycles. The SMILES string of the molecule is CCOC(=O)C1=C(C)N=c2s/c(=C/c3cc(OC)c(O)c(OC)c3)c(=O)n2[C@H]1c1ccc(N(C)C)cc1. The topological polar surface area (TPSA) is 103 Å². The Morgan fingerprint density at radius 3 is 2.32 bits per heavy atom. The van der Waals surface area contributed by atoms with Gasteiger partial charge in [-0.3, -0.25) is 9.36 Å². The van der Waals surface area contributed by atoms with Crippen molar-refractivity contribution >= 4 is 29.1 Å². The lowest BCUT2D eigenvalue weighted by atomic mass is 9.95. The molecule has 0 bridgehead atoms. The van der Waals surface area contributed by atoms with Gasteiger partial charge in [0.2, 0.25) is 5.75 Å². The normalized spacial score (nSPS) is 15.2. The van der Waals surface area contributed by atoms with Crippen LogP contribution in [0.15, 0.2) is 57.5 Å². The minimum atomic E-state index is -0.697. The first-order valence-electron chi connectivity index (χ1n) is 11.6. The number of aromatic hydroxyl groups is 1. The Kier molecular flexibility index (Phi) is 7.40. The van der Waals surface area contributed by atoms with Gasteiger partial charge in [0, 0.05) is 19.8 Å². The number of anilines is 1. The number of methoxy groups -OCH3 is 2. The highest BCUT2D eigenvalue weighted by Gasteiger charge is 2.33. The summed E-state index contributed by atoms with van der Waals surface area (Å²) in [6.07, 6.45) is 1.68. The number of carbonyl (C=O) groups excluding carboxylic acids is 1. The number of ether oxygens (including phenoxy) is 3. The number of phenols is 1. The van der Waals surface area contributed by atoms with Crippen LogP contribution in [0.4, 0.5) is 5.69 Å². The molecular weight excluding hydrogens is 494 g/mol. The summed E-state index contributed by atoms with van der Waals surface area (Å²) < 4.78 is 17.8. The van der Waals surface area contributed by atoms with E-state index in [0.717, 1.165) is 11.3 Å². The predicted molar refractivity (Wildman–Crippen MR) is 142 cm³/mol. The molecule has 1 N–H and O–H groups in total. The molecule has 194 valence electrons. The van der Waals surface area contributed by atoms with E-state index in [1.54, 1.807) is 32.1 Å². The van der Waals surface area contributed by atoms with E-state index in [1.807, 2.05) is 43.3 Å². The molecular formula is C27H29N3O6S. The molecule has 0 fully saturated rings. The van der Waals surface area contributed by atoms with Gasteiger partial charge in [-0.05, 0) is 55.3 Å². The van der Waals surface area contributed by atoms with Crippen LogP contribution in [0.2, 0.25) is 0 Å². The van der Waals surface area contributed by atoms with Crippen molar-refractivity contribution in [2.24, 2.45) is 4.99 Å². The van der Waals surface area contributed by atoms with Crippen LogP contribution >= 0.6 is 11.3 Å². The van der Waals surface area contributed by atoms with Gasteiger partial charge in [0.25, 0.3) is 5.56 Å². The van der Waals surface area contributed by atoms with E-state index in [0.29, 0.717) is 26.2 Å². The summed E-state index contributed by atoms with van der Waals surface area (Å²) in [5, 5.41) is 10.2. The number of benzene rings is 2. The van der Waals surface area contributed by atoms with Crippen LogP contribution < -0.4 is 29.3 Å². The molecule has 10 heteroatoms. The van der Waals surface area contributed by atoms with Crippen LogP contribution in [0.3, 0.4) is 0 Å². The molecule has 1 aliphatic heterocycles. The van der Waals surface area contributed by atoms with Crippen LogP contribution in [0.5, 0.6) is 17.2 Å². The van der Waals surface area contributed by atoms with Gasteiger partial charge in [-0.15, -0.1) is 0 Å². The monoisotopic (exact) mass is 523 g/mol. The number of phenolic OH excluding ortho intramolecular Hbond substituents is 1. The molecule has 1 atom stereocenters. The molecule has 2 aromatic carbocycles. The van der Waals surface area contributed by atoms with Crippen LogP contribution in [0.25, 0.3) is 6.08 Å². The average Bonchev–Trinajstić information content (AvgIpc) is 3.18. The second-order valence-electron chi connectivity index (χ2n) is 8.56. The van der Waals surface area contributed by atoms with Gasteiger partial charge in [0.15, 0.2) is 16.3 Å². The minimum absolute atomic E-state index is 0.125. The van der Waals surface area contributed by atoms with Gasteiger partial charge in [-0.1, -0.05) is 23.5 Å². The molecule has 0 saturated heterocycles. The zero-order valence-corrected chi connectivity index (χ0v) is 22.4. The van der Waals surface area contributed by atoms with Crippen LogP contribution in [-0.4, -0.2) is 50.6 Å². The number of rotatable bonds is 7. The fraction of sp³-hybridized carbons (Fsp3) is 0.296. The third-order valence-electron chi connectivity index (χ3n) is 6.04. The number of nitrogens with zero attached hydrogens (tertiary/aromatic N) is 3. The number of hydrogen-bond donors (Lipinski definition) is 1. The Labute approximate surface area is 218 Å². The molecule has 0 radical (unpaired) electrons. The first-order valence-corrected chi connectivity index (χ1v) is 12.4. The minimum Gasteiger partial charge on any atom is -0.502 e. The quantitative estimate of drug-likeness (QED) is 0.475. The first kappa shape index (κ1) is 26.0. The Hall–Kier alpha value is -4.05. The summed E-state index contributed by atoms with van der Waals surface area (Å²) in [6, 6.07) is 10.2. The molecule has 1 aliphatic rings. The van der Waals surface area contributed by atoms with Crippen LogP contribution in [0, 0.1) is 0 Å². The van der Waals surface area contributed by atoms with Crippen molar-refractivity contribution in [2.75, 3.05) is 39.8 Å². The van der Waals surface area contributed by atoms with Crippen molar-refractivity contribution in [1.29, 1.82) is 0 Å². The molecule has 0 unspecified atom stereocenters.